The van der Waals surface area contributed by atoms with Crippen molar-refractivity contribution in [3.63, 3.8) is 0 Å². The molecular formula is C70H95NO27. The molecule has 12 rings (SSSR count). The number of nitriles is 1. The summed E-state index contributed by atoms with van der Waals surface area (Å²) in [6.07, 6.45) is 0.143. The van der Waals surface area contributed by atoms with Crippen molar-refractivity contribution in [1.82, 2.24) is 0 Å². The van der Waals surface area contributed by atoms with E-state index in [1.165, 1.54) is 27.9 Å². The Kier molecular flexibility index (Phi) is 21.3. The molecule has 0 N–H and O–H groups in total. The molecular weight excluding hydrogens is 1290 g/mol. The molecule has 0 aromatic heterocycles. The highest BCUT2D eigenvalue weighted by atomic mass is 16.7. The van der Waals surface area contributed by atoms with Gasteiger partial charge in [0.15, 0.2) is 30.3 Å². The third-order valence-corrected chi connectivity index (χ3v) is 23.1. The van der Waals surface area contributed by atoms with Gasteiger partial charge in [0.05, 0.1) is 53.1 Å². The van der Waals surface area contributed by atoms with E-state index in [0.29, 0.717) is 38.5 Å². The summed E-state index contributed by atoms with van der Waals surface area (Å²) in [6.45, 7) is 25.6. The summed E-state index contributed by atoms with van der Waals surface area (Å²) >= 11 is 0. The summed E-state index contributed by atoms with van der Waals surface area (Å²) in [5.74, 6) is -7.24. The molecule has 6 saturated heterocycles. The van der Waals surface area contributed by atoms with Gasteiger partial charge in [-0.15, -0.1) is 0 Å². The Morgan fingerprint density at radius 1 is 0.541 bits per heavy atom. The van der Waals surface area contributed by atoms with Gasteiger partial charge < -0.3 is 66.3 Å². The van der Waals surface area contributed by atoms with Crippen molar-refractivity contribution >= 4 is 77.6 Å². The van der Waals surface area contributed by atoms with Crippen LogP contribution in [-0.4, -0.2) is 171 Å². The number of carbonyl (C=O) groups is 13. The normalized spacial score (nSPS) is 34.9. The second kappa shape index (κ2) is 27.9. The first kappa shape index (κ1) is 74.8. The van der Waals surface area contributed by atoms with Crippen molar-refractivity contribution in [3.8, 4) is 6.07 Å². The molecule has 0 aromatic carbocycles. The molecule has 98 heavy (non-hydrogen) atoms. The van der Waals surface area contributed by atoms with Crippen LogP contribution in [0.4, 0.5) is 0 Å². The Balaban J connectivity index is 0.000000153. The standard InChI is InChI=1S/C19H25NO6.C17H22O9.2C17H24O6/c1-6-17(2,3)14(21)26-18(4,5)15(22)24-12-10-7-11-13(12)25-16(23)19(11,8-10)9-20;1-5-17(2,3)16(21)23-6-7(18)24-12-10-8(14(19)22-4)9-11(25-10)13(12)26-15(9)20;1-5-17(3,4)16(20)21-8(2)14(18)22-12-9-6-10-11(7-9)15(19)23-13(10)12;1-4-17(2,3)16(20)21-6-5-12(18)22-13-9-7-10-11(8-9)15(19)23-14(10)13/h10-13H,6-8H2,1-5H3;8-13H,5-6H2,1-4H3;8-13H,5-7H2,1-4H3;9-11,13-14H,4-8H2,1-3H3. The van der Waals surface area contributed by atoms with E-state index in [1.54, 1.807) is 41.5 Å². The maximum absolute atomic E-state index is 12.6. The van der Waals surface area contributed by atoms with Crippen LogP contribution in [0.1, 0.15) is 174 Å². The highest BCUT2D eigenvalue weighted by Gasteiger charge is 2.74. The molecule has 12 aliphatic rings. The van der Waals surface area contributed by atoms with E-state index in [0.717, 1.165) is 25.7 Å². The second-order valence-corrected chi connectivity index (χ2v) is 31.1. The third kappa shape index (κ3) is 14.0. The van der Waals surface area contributed by atoms with E-state index in [4.69, 9.17) is 66.3 Å². The van der Waals surface area contributed by atoms with Crippen LogP contribution in [0.15, 0.2) is 0 Å². The fraction of sp³-hybridized carbons (Fsp3) is 0.800. The lowest BCUT2D eigenvalue weighted by atomic mass is 9.74. The predicted octanol–water partition coefficient (Wildman–Crippen LogP) is 5.82. The van der Waals surface area contributed by atoms with E-state index in [2.05, 4.69) is 6.07 Å². The lowest BCUT2D eigenvalue weighted by Gasteiger charge is -2.32. The SMILES string of the molecule is CCC(C)(C)C(=O)OC(C)(C)C(=O)OC1C2CC3C1OC(=O)C3(C#N)C2.CCC(C)(C)C(=O)OC(C)C(=O)OC1C2CC3C(=O)OC1C3C2.CCC(C)(C)C(=O)OCC(=O)OC1C2OC(=O)C3C2OC1C3C(=O)OC.CCC(C)(C)C(=O)OCCC(=O)OC1C2CC3C(=O)OC1C3C2. The Labute approximate surface area is 569 Å². The number of rotatable bonds is 22. The van der Waals surface area contributed by atoms with Gasteiger partial charge in [-0.2, -0.15) is 5.26 Å². The smallest absolute Gasteiger partial charge is 0.350 e. The van der Waals surface area contributed by atoms with Crippen LogP contribution >= 0.6 is 0 Å². The van der Waals surface area contributed by atoms with Crippen LogP contribution in [0.5, 0.6) is 0 Å². The number of fused-ring (bicyclic) bond motifs is 4. The topological polar surface area (TPSA) is 375 Å². The maximum atomic E-state index is 12.6. The van der Waals surface area contributed by atoms with Crippen molar-refractivity contribution in [3.05, 3.63) is 0 Å². The van der Waals surface area contributed by atoms with Gasteiger partial charge >= 0.3 is 77.6 Å². The molecule has 0 aromatic rings. The molecule has 28 nitrogen and oxygen atoms in total. The molecule has 542 valence electrons. The number of methoxy groups -OCH3 is 1. The van der Waals surface area contributed by atoms with Gasteiger partial charge in [-0.05, 0) is 140 Å². The van der Waals surface area contributed by atoms with Crippen LogP contribution in [0.3, 0.4) is 0 Å². The summed E-state index contributed by atoms with van der Waals surface area (Å²) in [5, 5.41) is 9.42. The van der Waals surface area contributed by atoms with E-state index in [-0.39, 0.29) is 96.6 Å². The monoisotopic (exact) mass is 1380 g/mol. The first-order valence-corrected chi connectivity index (χ1v) is 34.3. The Bertz CT molecular complexity index is 3250. The van der Waals surface area contributed by atoms with E-state index in [1.807, 2.05) is 41.5 Å². The molecule has 8 bridgehead atoms. The van der Waals surface area contributed by atoms with Gasteiger partial charge in [0.2, 0.25) is 5.60 Å². The average Bonchev–Trinajstić information content (AvgIpc) is 1.56. The van der Waals surface area contributed by atoms with Gasteiger partial charge in [-0.25, -0.2) is 14.4 Å². The van der Waals surface area contributed by atoms with Crippen molar-refractivity contribution in [2.24, 2.45) is 86.3 Å². The van der Waals surface area contributed by atoms with Gasteiger partial charge in [0, 0.05) is 35.5 Å². The van der Waals surface area contributed by atoms with Gasteiger partial charge in [-0.3, -0.25) is 47.9 Å². The fourth-order valence-electron chi connectivity index (χ4n) is 15.3. The van der Waals surface area contributed by atoms with E-state index < -0.39 is 160 Å². The molecule has 12 fully saturated rings. The molecule has 6 aliphatic carbocycles. The Morgan fingerprint density at radius 2 is 1.04 bits per heavy atom. The molecule has 6 saturated carbocycles. The average molecular weight is 1380 g/mol. The zero-order valence-corrected chi connectivity index (χ0v) is 58.8. The molecule has 0 spiro atoms. The second-order valence-electron chi connectivity index (χ2n) is 31.1. The Hall–Kier alpha value is -7.44. The van der Waals surface area contributed by atoms with Gasteiger partial charge in [0.25, 0.3) is 0 Å². The quantitative estimate of drug-likeness (QED) is 0.0910. The van der Waals surface area contributed by atoms with Crippen molar-refractivity contribution in [2.45, 2.75) is 247 Å². The van der Waals surface area contributed by atoms with E-state index >= 15 is 0 Å². The number of carbonyl (C=O) groups excluding carboxylic acids is 13. The zero-order chi connectivity index (χ0) is 72.4. The number of esters is 13. The molecule has 6 heterocycles. The lowest BCUT2D eigenvalue weighted by molar-refractivity contribution is -0.192. The summed E-state index contributed by atoms with van der Waals surface area (Å²) in [7, 11) is 1.21. The Morgan fingerprint density at radius 3 is 1.58 bits per heavy atom. The molecule has 0 radical (unpaired) electrons. The molecule has 28 heteroatoms. The maximum Gasteiger partial charge on any atom is 0.350 e. The number of hydrogen-bond donors (Lipinski definition) is 0. The number of nitrogens with zero attached hydrogens (tertiary/aromatic N) is 1. The highest BCUT2D eigenvalue weighted by Crippen LogP contribution is 2.63. The summed E-state index contributed by atoms with van der Waals surface area (Å²) in [4.78, 5) is 157. The minimum absolute atomic E-state index is 0.0113. The minimum Gasteiger partial charge on any atom is -0.469 e. The van der Waals surface area contributed by atoms with Crippen molar-refractivity contribution in [2.75, 3.05) is 20.3 Å². The van der Waals surface area contributed by atoms with Crippen LogP contribution in [-0.2, 0) is 129 Å². The number of ether oxygens (including phenoxy) is 14. The highest BCUT2D eigenvalue weighted by molar-refractivity contribution is 5.89. The van der Waals surface area contributed by atoms with Gasteiger partial charge in [0.1, 0.15) is 67.3 Å². The van der Waals surface area contributed by atoms with Crippen LogP contribution in [0, 0.1) is 97.6 Å². The molecule has 22 atom stereocenters. The van der Waals surface area contributed by atoms with Crippen LogP contribution in [0.25, 0.3) is 0 Å². The van der Waals surface area contributed by atoms with Gasteiger partial charge in [-0.1, -0.05) is 27.7 Å². The zero-order valence-electron chi connectivity index (χ0n) is 58.8. The first-order chi connectivity index (χ1) is 45.8. The third-order valence-electron chi connectivity index (χ3n) is 23.1. The van der Waals surface area contributed by atoms with E-state index in [9.17, 15) is 67.6 Å². The molecule has 6 aliphatic heterocycles. The van der Waals surface area contributed by atoms with Crippen molar-refractivity contribution in [1.29, 1.82) is 5.26 Å². The molecule has 0 amide bonds. The summed E-state index contributed by atoms with van der Waals surface area (Å²) < 4.78 is 74.5. The summed E-state index contributed by atoms with van der Waals surface area (Å²) in [5.41, 5.74) is -5.10. The van der Waals surface area contributed by atoms with Crippen LogP contribution < -0.4 is 0 Å². The lowest BCUT2D eigenvalue weighted by Crippen LogP contribution is -2.48. The first-order valence-electron chi connectivity index (χ1n) is 34.3. The summed E-state index contributed by atoms with van der Waals surface area (Å²) in [6, 6.07) is 2.12. The van der Waals surface area contributed by atoms with Crippen molar-refractivity contribution < 1.29 is 129 Å². The number of hydrogen-bond acceptors (Lipinski definition) is 28. The molecule has 22 unspecified atom stereocenters. The van der Waals surface area contributed by atoms with Crippen LogP contribution in [0.2, 0.25) is 0 Å². The predicted molar refractivity (Wildman–Crippen MR) is 329 cm³/mol. The fourth-order valence-corrected chi connectivity index (χ4v) is 15.3. The largest absolute Gasteiger partial charge is 0.469 e. The minimum atomic E-state index is -1.44.